The summed E-state index contributed by atoms with van der Waals surface area (Å²) >= 11 is 0. The summed E-state index contributed by atoms with van der Waals surface area (Å²) in [4.78, 5) is 24.5. The summed E-state index contributed by atoms with van der Waals surface area (Å²) in [5.74, 6) is -1.00. The van der Waals surface area contributed by atoms with Crippen molar-refractivity contribution in [2.45, 2.75) is 19.4 Å². The van der Waals surface area contributed by atoms with Crippen molar-refractivity contribution in [3.8, 4) is 5.75 Å². The van der Waals surface area contributed by atoms with E-state index in [0.717, 1.165) is 16.9 Å². The third kappa shape index (κ3) is 2.28. The van der Waals surface area contributed by atoms with Crippen LogP contribution in [0.4, 0.5) is 0 Å². The van der Waals surface area contributed by atoms with Gasteiger partial charge >= 0.3 is 5.97 Å². The molecular formula is C14H17NO4. The topological polar surface area (TPSA) is 66.8 Å². The molecule has 1 amide bonds. The summed E-state index contributed by atoms with van der Waals surface area (Å²) in [5.41, 5.74) is 1.76. The molecule has 102 valence electrons. The molecule has 1 aliphatic heterocycles. The van der Waals surface area contributed by atoms with Gasteiger partial charge < -0.3 is 14.7 Å². The van der Waals surface area contributed by atoms with Crippen molar-refractivity contribution in [2.75, 3.05) is 14.2 Å². The summed E-state index contributed by atoms with van der Waals surface area (Å²) in [5, 5.41) is 9.25. The molecule has 1 aromatic carbocycles. The number of likely N-dealkylation sites (tertiary alicyclic amines) is 1. The third-order valence-corrected chi connectivity index (χ3v) is 3.66. The van der Waals surface area contributed by atoms with Gasteiger partial charge in [-0.2, -0.15) is 0 Å². The number of carbonyl (C=O) groups excluding carboxylic acids is 1. The van der Waals surface area contributed by atoms with Gasteiger partial charge in [0, 0.05) is 13.5 Å². The van der Waals surface area contributed by atoms with Gasteiger partial charge in [0.15, 0.2) is 0 Å². The van der Waals surface area contributed by atoms with E-state index in [4.69, 9.17) is 4.74 Å². The first-order valence-electron chi connectivity index (χ1n) is 6.08. The SMILES string of the molecule is COc1ccc(C2C(C(=O)O)CC(=O)N2C)cc1C. The summed E-state index contributed by atoms with van der Waals surface area (Å²) < 4.78 is 5.19. The molecule has 2 rings (SSSR count). The van der Waals surface area contributed by atoms with Gasteiger partial charge in [0.05, 0.1) is 19.1 Å². The third-order valence-electron chi connectivity index (χ3n) is 3.66. The molecule has 1 saturated heterocycles. The quantitative estimate of drug-likeness (QED) is 0.899. The highest BCUT2D eigenvalue weighted by molar-refractivity contribution is 5.87. The predicted molar refractivity (Wildman–Crippen MR) is 69.0 cm³/mol. The summed E-state index contributed by atoms with van der Waals surface area (Å²) in [6.07, 6.45) is 0.0571. The zero-order valence-electron chi connectivity index (χ0n) is 11.2. The molecule has 0 spiro atoms. The van der Waals surface area contributed by atoms with E-state index in [1.807, 2.05) is 19.1 Å². The van der Waals surface area contributed by atoms with Crippen molar-refractivity contribution in [1.29, 1.82) is 0 Å². The average Bonchev–Trinajstić information content (AvgIpc) is 2.66. The van der Waals surface area contributed by atoms with Gasteiger partial charge in [-0.15, -0.1) is 0 Å². The fourth-order valence-corrected chi connectivity index (χ4v) is 2.63. The number of aliphatic carboxylic acids is 1. The molecule has 2 unspecified atom stereocenters. The number of carboxylic acids is 1. The molecule has 19 heavy (non-hydrogen) atoms. The number of aryl methyl sites for hydroxylation is 1. The lowest BCUT2D eigenvalue weighted by atomic mass is 9.93. The summed E-state index contributed by atoms with van der Waals surface area (Å²) in [6.45, 7) is 1.90. The van der Waals surface area contributed by atoms with Crippen LogP contribution < -0.4 is 4.74 Å². The van der Waals surface area contributed by atoms with Crippen LogP contribution >= 0.6 is 0 Å². The molecule has 1 aliphatic rings. The Hall–Kier alpha value is -2.04. The molecule has 0 radical (unpaired) electrons. The first-order valence-corrected chi connectivity index (χ1v) is 6.08. The van der Waals surface area contributed by atoms with Gasteiger partial charge in [0.2, 0.25) is 5.91 Å². The molecule has 5 nitrogen and oxygen atoms in total. The monoisotopic (exact) mass is 263 g/mol. The number of carbonyl (C=O) groups is 2. The van der Waals surface area contributed by atoms with Crippen molar-refractivity contribution >= 4 is 11.9 Å². The number of amides is 1. The number of carboxylic acid groups (broad SMARTS) is 1. The maximum absolute atomic E-state index is 11.7. The van der Waals surface area contributed by atoms with Crippen molar-refractivity contribution in [3.05, 3.63) is 29.3 Å². The van der Waals surface area contributed by atoms with Crippen LogP contribution in [0.3, 0.4) is 0 Å². The van der Waals surface area contributed by atoms with E-state index < -0.39 is 17.9 Å². The molecule has 1 N–H and O–H groups in total. The molecule has 2 atom stereocenters. The number of nitrogens with zero attached hydrogens (tertiary/aromatic N) is 1. The summed E-state index contributed by atoms with van der Waals surface area (Å²) in [7, 11) is 3.24. The Balaban J connectivity index is 2.40. The molecule has 1 fully saturated rings. The van der Waals surface area contributed by atoms with Gasteiger partial charge in [0.1, 0.15) is 5.75 Å². The highest BCUT2D eigenvalue weighted by Gasteiger charge is 2.42. The van der Waals surface area contributed by atoms with E-state index in [1.165, 1.54) is 4.90 Å². The van der Waals surface area contributed by atoms with E-state index in [9.17, 15) is 14.7 Å². The number of ether oxygens (including phenoxy) is 1. The van der Waals surface area contributed by atoms with Gasteiger partial charge in [-0.25, -0.2) is 0 Å². The zero-order chi connectivity index (χ0) is 14.2. The molecule has 0 aromatic heterocycles. The number of hydrogen-bond donors (Lipinski definition) is 1. The van der Waals surface area contributed by atoms with Crippen molar-refractivity contribution < 1.29 is 19.4 Å². The van der Waals surface area contributed by atoms with Crippen molar-refractivity contribution in [2.24, 2.45) is 5.92 Å². The standard InChI is InChI=1S/C14H17NO4/c1-8-6-9(4-5-11(8)19-3)13-10(14(17)18)7-12(16)15(13)2/h4-6,10,13H,7H2,1-3H3,(H,17,18). The number of methoxy groups -OCH3 is 1. The molecular weight excluding hydrogens is 246 g/mol. The maximum atomic E-state index is 11.7. The lowest BCUT2D eigenvalue weighted by Crippen LogP contribution is -2.26. The van der Waals surface area contributed by atoms with Crippen LogP contribution in [0.15, 0.2) is 18.2 Å². The first-order chi connectivity index (χ1) is 8.95. The Morgan fingerprint density at radius 1 is 1.47 bits per heavy atom. The van der Waals surface area contributed by atoms with Crippen LogP contribution in [0.2, 0.25) is 0 Å². The van der Waals surface area contributed by atoms with E-state index in [1.54, 1.807) is 20.2 Å². The van der Waals surface area contributed by atoms with Crippen molar-refractivity contribution in [3.63, 3.8) is 0 Å². The van der Waals surface area contributed by atoms with Gasteiger partial charge in [0.25, 0.3) is 0 Å². The van der Waals surface area contributed by atoms with E-state index in [2.05, 4.69) is 0 Å². The normalized spacial score (nSPS) is 22.7. The number of benzene rings is 1. The van der Waals surface area contributed by atoms with Crippen LogP contribution in [-0.2, 0) is 9.59 Å². The lowest BCUT2D eigenvalue weighted by molar-refractivity contribution is -0.142. The Bertz CT molecular complexity index is 526. The van der Waals surface area contributed by atoms with Crippen LogP contribution in [-0.4, -0.2) is 36.0 Å². The van der Waals surface area contributed by atoms with Crippen LogP contribution in [0.25, 0.3) is 0 Å². The molecule has 0 bridgehead atoms. The predicted octanol–water partition coefficient (Wildman–Crippen LogP) is 1.61. The van der Waals surface area contributed by atoms with Gasteiger partial charge in [-0.1, -0.05) is 12.1 Å². The minimum absolute atomic E-state index is 0.0571. The largest absolute Gasteiger partial charge is 0.496 e. The second-order valence-corrected chi connectivity index (χ2v) is 4.83. The van der Waals surface area contributed by atoms with E-state index in [0.29, 0.717) is 0 Å². The molecule has 1 heterocycles. The van der Waals surface area contributed by atoms with E-state index in [-0.39, 0.29) is 12.3 Å². The average molecular weight is 263 g/mol. The Labute approximate surface area is 111 Å². The second-order valence-electron chi connectivity index (χ2n) is 4.83. The van der Waals surface area contributed by atoms with Crippen LogP contribution in [0, 0.1) is 12.8 Å². The Morgan fingerprint density at radius 2 is 2.16 bits per heavy atom. The minimum Gasteiger partial charge on any atom is -0.496 e. The maximum Gasteiger partial charge on any atom is 0.309 e. The number of hydrogen-bond acceptors (Lipinski definition) is 3. The molecule has 1 aromatic rings. The molecule has 5 heteroatoms. The molecule has 0 saturated carbocycles. The molecule has 0 aliphatic carbocycles. The Kier molecular flexibility index (Phi) is 3.46. The van der Waals surface area contributed by atoms with Gasteiger partial charge in [-0.05, 0) is 24.1 Å². The Morgan fingerprint density at radius 3 is 2.68 bits per heavy atom. The number of rotatable bonds is 3. The zero-order valence-corrected chi connectivity index (χ0v) is 11.2. The fraction of sp³-hybridized carbons (Fsp3) is 0.429. The van der Waals surface area contributed by atoms with Gasteiger partial charge in [-0.3, -0.25) is 9.59 Å². The minimum atomic E-state index is -0.934. The first kappa shape index (κ1) is 13.4. The smallest absolute Gasteiger partial charge is 0.309 e. The van der Waals surface area contributed by atoms with E-state index >= 15 is 0 Å². The second kappa shape index (κ2) is 4.91. The highest BCUT2D eigenvalue weighted by Crippen LogP contribution is 2.38. The van der Waals surface area contributed by atoms with Crippen LogP contribution in [0.1, 0.15) is 23.6 Å². The van der Waals surface area contributed by atoms with Crippen LogP contribution in [0.5, 0.6) is 5.75 Å². The van der Waals surface area contributed by atoms with Crippen molar-refractivity contribution in [1.82, 2.24) is 4.90 Å². The summed E-state index contributed by atoms with van der Waals surface area (Å²) in [6, 6.07) is 5.10. The highest BCUT2D eigenvalue weighted by atomic mass is 16.5. The lowest BCUT2D eigenvalue weighted by Gasteiger charge is -2.24. The fourth-order valence-electron chi connectivity index (χ4n) is 2.63.